The molecule has 0 spiro atoms. The molecule has 1 fully saturated rings. The molecule has 1 aliphatic rings. The minimum Gasteiger partial charge on any atom is -0.387 e. The maximum absolute atomic E-state index is 10.3. The fraction of sp³-hybridized carbons (Fsp3) is 1.00. The lowest BCUT2D eigenvalue weighted by Gasteiger charge is -2.14. The van der Waals surface area contributed by atoms with E-state index in [1.165, 1.54) is 0 Å². The van der Waals surface area contributed by atoms with E-state index < -0.39 is 54.6 Å². The van der Waals surface area contributed by atoms with E-state index in [9.17, 15) is 18.8 Å². The van der Waals surface area contributed by atoms with E-state index >= 15 is 0 Å². The maximum Gasteiger partial charge on any atom is 0.478 e. The number of hydrogen-bond donors (Lipinski definition) is 9. The monoisotopic (exact) mass is 407 g/mol. The van der Waals surface area contributed by atoms with Gasteiger partial charge in [0.05, 0.1) is 6.61 Å². The summed E-state index contributed by atoms with van der Waals surface area (Å²) in [6.07, 6.45) is -4.69. The van der Waals surface area contributed by atoms with Crippen molar-refractivity contribution in [2.75, 3.05) is 6.61 Å². The first-order valence-corrected chi connectivity index (χ1v) is 9.90. The largest absolute Gasteiger partial charge is 0.478 e. The van der Waals surface area contributed by atoms with Crippen LogP contribution in [0.4, 0.5) is 0 Å². The lowest BCUT2D eigenvalue weighted by atomic mass is 10.1. The average Bonchev–Trinajstić information content (AvgIpc) is 2.49. The molecule has 15 nitrogen and oxygen atoms in total. The molecule has 4 atom stereocenters. The second-order valence-corrected chi connectivity index (χ2v) is 7.82. The quantitative estimate of drug-likeness (QED) is 0.202. The van der Waals surface area contributed by atoms with E-state index in [0.717, 1.165) is 0 Å². The molecule has 0 saturated carbocycles. The van der Waals surface area contributed by atoms with Crippen LogP contribution < -0.4 is 5.73 Å². The molecule has 1 unspecified atom stereocenters. The molecule has 1 aliphatic heterocycles. The van der Waals surface area contributed by atoms with Crippen molar-refractivity contribution in [1.82, 2.24) is 0 Å². The van der Waals surface area contributed by atoms with Crippen LogP contribution in [0, 0.1) is 0 Å². The molecule has 140 valence electrons. The number of hydrogen-bond acceptors (Lipinski definition) is 9. The van der Waals surface area contributed by atoms with Gasteiger partial charge in [-0.1, -0.05) is 0 Å². The Kier molecular flexibility index (Phi) is 8.62. The predicted molar refractivity (Wildman–Crippen MR) is 68.0 cm³/mol. The minimum absolute atomic E-state index is 0.532. The number of aliphatic hydroxyl groups is 2. The third-order valence-electron chi connectivity index (χ3n) is 2.02. The smallest absolute Gasteiger partial charge is 0.387 e. The predicted octanol–water partition coefficient (Wildman–Crippen LogP) is -3.31. The summed E-state index contributed by atoms with van der Waals surface area (Å²) in [7, 11) is -14.7. The molecule has 0 aliphatic carbocycles. The number of nitrogens with two attached hydrogens (primary N) is 1. The van der Waals surface area contributed by atoms with Gasteiger partial charge in [-0.25, -0.2) is 13.7 Å². The van der Waals surface area contributed by atoms with E-state index in [4.69, 9.17) is 44.9 Å². The Hall–Kier alpha value is 0.210. The summed E-state index contributed by atoms with van der Waals surface area (Å²) in [5, 5.41) is 18.4. The number of ether oxygens (including phenoxy) is 1. The summed E-state index contributed by atoms with van der Waals surface area (Å²) in [4.78, 5) is 47.7. The molecule has 0 radical (unpaired) electrons. The molecule has 1 saturated heterocycles. The fourth-order valence-electron chi connectivity index (χ4n) is 1.22. The van der Waals surface area contributed by atoms with E-state index in [1.54, 1.807) is 0 Å². The Labute approximate surface area is 128 Å². The minimum atomic E-state index is -5.05. The zero-order chi connectivity index (χ0) is 18.6. The topological polar surface area (TPSA) is 267 Å². The highest BCUT2D eigenvalue weighted by atomic mass is 31.3. The van der Waals surface area contributed by atoms with Gasteiger partial charge in [-0.15, -0.1) is 0 Å². The maximum atomic E-state index is 10.3. The molecular weight excluding hydrogens is 391 g/mol. The van der Waals surface area contributed by atoms with Crippen molar-refractivity contribution in [3.05, 3.63) is 0 Å². The molecule has 0 amide bonds. The van der Waals surface area contributed by atoms with Gasteiger partial charge in [-0.3, -0.25) is 4.52 Å². The Morgan fingerprint density at radius 3 is 1.52 bits per heavy atom. The van der Waals surface area contributed by atoms with Gasteiger partial charge in [-0.05, 0) is 0 Å². The normalized spacial score (nSPS) is 29.1. The molecule has 18 heteroatoms. The average molecular weight is 407 g/mol. The standard InChI is InChI=1S/C5H12NO7P.H4O7P2/c6-5-4(8)3(7)2(13-5)1-12-14(9,10)11;1-8(2,3)7-9(4,5)6/h2-5,7-8H,1,6H2,(H2,9,10,11);(H2,1,2,3)(H2,4,5,6)/t2-,3-,4-,5?;/m1./s1. The Bertz CT molecular complexity index is 487. The number of rotatable bonds is 5. The molecule has 0 aromatic rings. The first-order valence-electron chi connectivity index (χ1n) is 5.31. The van der Waals surface area contributed by atoms with Gasteiger partial charge in [-0.2, -0.15) is 4.31 Å². The number of aliphatic hydroxyl groups excluding tert-OH is 2. The van der Waals surface area contributed by atoms with Crippen LogP contribution in [-0.2, 0) is 27.3 Å². The zero-order valence-electron chi connectivity index (χ0n) is 11.0. The van der Waals surface area contributed by atoms with E-state index in [0.29, 0.717) is 0 Å². The second kappa shape index (κ2) is 8.54. The van der Waals surface area contributed by atoms with Crippen LogP contribution in [-0.4, -0.2) is 70.7 Å². The Balaban J connectivity index is 0.000000468. The molecule has 0 bridgehead atoms. The van der Waals surface area contributed by atoms with Crippen molar-refractivity contribution in [3.8, 4) is 0 Å². The summed E-state index contributed by atoms with van der Waals surface area (Å²) < 4.78 is 41.4. The van der Waals surface area contributed by atoms with Crippen molar-refractivity contribution < 1.29 is 66.8 Å². The van der Waals surface area contributed by atoms with Crippen LogP contribution in [0.2, 0.25) is 0 Å². The van der Waals surface area contributed by atoms with Gasteiger partial charge in [0.25, 0.3) is 0 Å². The summed E-state index contributed by atoms with van der Waals surface area (Å²) >= 11 is 0. The van der Waals surface area contributed by atoms with E-state index in [1.807, 2.05) is 0 Å². The third-order valence-corrected chi connectivity index (χ3v) is 4.21. The van der Waals surface area contributed by atoms with Gasteiger partial charge in [0, 0.05) is 0 Å². The van der Waals surface area contributed by atoms with Gasteiger partial charge in [0.2, 0.25) is 0 Å². The van der Waals surface area contributed by atoms with Gasteiger partial charge in [0.1, 0.15) is 24.5 Å². The molecule has 1 rings (SSSR count). The molecule has 10 N–H and O–H groups in total. The van der Waals surface area contributed by atoms with Crippen LogP contribution in [0.3, 0.4) is 0 Å². The summed E-state index contributed by atoms with van der Waals surface area (Å²) in [6, 6.07) is 0. The van der Waals surface area contributed by atoms with Crippen molar-refractivity contribution in [2.24, 2.45) is 5.73 Å². The van der Waals surface area contributed by atoms with Crippen molar-refractivity contribution in [3.63, 3.8) is 0 Å². The van der Waals surface area contributed by atoms with Crippen LogP contribution in [0.15, 0.2) is 0 Å². The lowest BCUT2D eigenvalue weighted by molar-refractivity contribution is -0.0197. The van der Waals surface area contributed by atoms with Gasteiger partial charge in [0.15, 0.2) is 0 Å². The van der Waals surface area contributed by atoms with E-state index in [-0.39, 0.29) is 0 Å². The van der Waals surface area contributed by atoms with Crippen LogP contribution in [0.25, 0.3) is 0 Å². The Morgan fingerprint density at radius 2 is 1.30 bits per heavy atom. The van der Waals surface area contributed by atoms with E-state index in [2.05, 4.69) is 8.83 Å². The van der Waals surface area contributed by atoms with Gasteiger partial charge < -0.3 is 50.0 Å². The highest BCUT2D eigenvalue weighted by Gasteiger charge is 2.41. The van der Waals surface area contributed by atoms with Crippen LogP contribution in [0.5, 0.6) is 0 Å². The first kappa shape index (κ1) is 23.2. The summed E-state index contributed by atoms with van der Waals surface area (Å²) in [5.41, 5.74) is 5.22. The first-order chi connectivity index (χ1) is 10.0. The molecule has 0 aromatic carbocycles. The highest BCUT2D eigenvalue weighted by Crippen LogP contribution is 2.53. The zero-order valence-corrected chi connectivity index (χ0v) is 13.6. The number of phosphoric ester groups is 1. The molecule has 23 heavy (non-hydrogen) atoms. The Morgan fingerprint density at radius 1 is 0.870 bits per heavy atom. The van der Waals surface area contributed by atoms with Crippen molar-refractivity contribution in [1.29, 1.82) is 0 Å². The summed E-state index contributed by atoms with van der Waals surface area (Å²) in [6.45, 7) is -0.532. The highest BCUT2D eigenvalue weighted by molar-refractivity contribution is 7.60. The molecular formula is C5H16NO14P3. The molecule has 1 heterocycles. The molecule has 0 aromatic heterocycles. The van der Waals surface area contributed by atoms with Crippen molar-refractivity contribution in [2.45, 2.75) is 24.5 Å². The second-order valence-electron chi connectivity index (χ2n) is 3.97. The lowest BCUT2D eigenvalue weighted by Crippen LogP contribution is -2.37. The third kappa shape index (κ3) is 11.4. The SMILES string of the molecule is NC1O[C@H](COP(=O)(O)O)[C@@H](O)[C@H]1O.O=P(O)(O)OP(=O)(O)O. The van der Waals surface area contributed by atoms with Crippen LogP contribution in [0.1, 0.15) is 0 Å². The summed E-state index contributed by atoms with van der Waals surface area (Å²) in [5.74, 6) is 0. The van der Waals surface area contributed by atoms with Crippen LogP contribution >= 0.6 is 23.5 Å². The number of phosphoric acid groups is 3. The fourth-order valence-corrected chi connectivity index (χ4v) is 2.67. The van der Waals surface area contributed by atoms with Crippen molar-refractivity contribution >= 4 is 23.5 Å². The van der Waals surface area contributed by atoms with Gasteiger partial charge >= 0.3 is 23.5 Å².